The highest BCUT2D eigenvalue weighted by atomic mass is 16.1. The molecule has 9 nitrogen and oxygen atoms in total. The molecule has 1 amide bonds. The summed E-state index contributed by atoms with van der Waals surface area (Å²) in [6, 6.07) is 8.29. The van der Waals surface area contributed by atoms with Crippen molar-refractivity contribution in [1.29, 1.82) is 5.26 Å². The highest BCUT2D eigenvalue weighted by Crippen LogP contribution is 2.32. The van der Waals surface area contributed by atoms with E-state index >= 15 is 0 Å². The van der Waals surface area contributed by atoms with Gasteiger partial charge in [-0.05, 0) is 18.2 Å². The van der Waals surface area contributed by atoms with Crippen LogP contribution < -0.4 is 4.90 Å². The molecule has 0 aliphatic carbocycles. The number of carbonyl (C=O) groups excluding carboxylic acids is 1. The molecular formula is C22H20N8O. The second-order valence-corrected chi connectivity index (χ2v) is 7.54. The van der Waals surface area contributed by atoms with Crippen LogP contribution in [0, 0.1) is 11.3 Å². The first-order valence-corrected chi connectivity index (χ1v) is 9.97. The molecular weight excluding hydrogens is 392 g/mol. The van der Waals surface area contributed by atoms with Crippen LogP contribution in [0.3, 0.4) is 0 Å². The van der Waals surface area contributed by atoms with Crippen LogP contribution >= 0.6 is 0 Å². The fourth-order valence-corrected chi connectivity index (χ4v) is 3.94. The number of anilines is 1. The van der Waals surface area contributed by atoms with Crippen LogP contribution in [0.15, 0.2) is 49.2 Å². The van der Waals surface area contributed by atoms with Crippen molar-refractivity contribution in [2.45, 2.75) is 0 Å². The number of pyridine rings is 2. The summed E-state index contributed by atoms with van der Waals surface area (Å²) in [5, 5.41) is 18.2. The van der Waals surface area contributed by atoms with Gasteiger partial charge in [-0.2, -0.15) is 15.5 Å². The van der Waals surface area contributed by atoms with Gasteiger partial charge in [-0.25, -0.2) is 9.50 Å². The van der Waals surface area contributed by atoms with Crippen LogP contribution in [0.25, 0.3) is 27.8 Å². The summed E-state index contributed by atoms with van der Waals surface area (Å²) in [7, 11) is 1.88. The van der Waals surface area contributed by atoms with E-state index in [2.05, 4.69) is 32.2 Å². The monoisotopic (exact) mass is 412 g/mol. The number of carbonyl (C=O) groups is 1. The third-order valence-electron chi connectivity index (χ3n) is 5.62. The minimum Gasteiger partial charge on any atom is -0.353 e. The van der Waals surface area contributed by atoms with Gasteiger partial charge in [0.1, 0.15) is 11.9 Å². The Morgan fingerprint density at radius 3 is 2.48 bits per heavy atom. The number of aromatic nitrogens is 5. The molecule has 31 heavy (non-hydrogen) atoms. The minimum absolute atomic E-state index is 0.516. The lowest BCUT2D eigenvalue weighted by Gasteiger charge is -2.33. The number of hydrogen-bond donors (Lipinski definition) is 0. The summed E-state index contributed by atoms with van der Waals surface area (Å²) < 4.78 is 3.49. The smallest absolute Gasteiger partial charge is 0.209 e. The number of nitrogens with zero attached hydrogens (tertiary/aromatic N) is 8. The summed E-state index contributed by atoms with van der Waals surface area (Å²) in [6.45, 7) is 2.91. The molecule has 1 saturated heterocycles. The number of rotatable bonds is 4. The second-order valence-electron chi connectivity index (χ2n) is 7.54. The molecule has 0 radical (unpaired) electrons. The highest BCUT2D eigenvalue weighted by molar-refractivity contribution is 5.87. The van der Waals surface area contributed by atoms with Gasteiger partial charge in [0.25, 0.3) is 0 Å². The molecule has 4 aromatic heterocycles. The molecule has 154 valence electrons. The average Bonchev–Trinajstić information content (AvgIpc) is 3.44. The van der Waals surface area contributed by atoms with Crippen molar-refractivity contribution in [2.24, 2.45) is 7.05 Å². The van der Waals surface area contributed by atoms with Crippen molar-refractivity contribution < 1.29 is 4.79 Å². The molecule has 5 rings (SSSR count). The third kappa shape index (κ3) is 3.38. The Morgan fingerprint density at radius 2 is 1.84 bits per heavy atom. The number of hydrogen-bond acceptors (Lipinski definition) is 6. The SMILES string of the molecule is Cn1cc(-c2cc(-c3ccc(N4CCN(C=O)CC4)nc3)c3c(C#N)cnn3c2)cn1. The summed E-state index contributed by atoms with van der Waals surface area (Å²) in [5.41, 5.74) is 4.99. The van der Waals surface area contributed by atoms with Crippen molar-refractivity contribution in [3.8, 4) is 28.3 Å². The van der Waals surface area contributed by atoms with Crippen LogP contribution in [-0.2, 0) is 11.8 Å². The fourth-order valence-electron chi connectivity index (χ4n) is 3.94. The van der Waals surface area contributed by atoms with Crippen molar-refractivity contribution in [2.75, 3.05) is 31.1 Å². The summed E-state index contributed by atoms with van der Waals surface area (Å²) in [5.74, 6) is 0.878. The first kappa shape index (κ1) is 18.8. The van der Waals surface area contributed by atoms with Crippen molar-refractivity contribution in [1.82, 2.24) is 29.3 Å². The normalized spacial score (nSPS) is 14.1. The number of amides is 1. The van der Waals surface area contributed by atoms with E-state index in [0.29, 0.717) is 18.7 Å². The Kier molecular flexibility index (Phi) is 4.59. The van der Waals surface area contributed by atoms with E-state index in [9.17, 15) is 10.1 Å². The predicted octanol–water partition coefficient (Wildman–Crippen LogP) is 1.95. The van der Waals surface area contributed by atoms with Crippen LogP contribution in [0.1, 0.15) is 5.56 Å². The summed E-state index contributed by atoms with van der Waals surface area (Å²) >= 11 is 0. The van der Waals surface area contributed by atoms with Gasteiger partial charge in [-0.3, -0.25) is 9.48 Å². The zero-order chi connectivity index (χ0) is 21.4. The molecule has 4 aromatic rings. The Morgan fingerprint density at radius 1 is 1.00 bits per heavy atom. The predicted molar refractivity (Wildman–Crippen MR) is 115 cm³/mol. The first-order chi connectivity index (χ1) is 15.2. The standard InChI is InChI=1S/C22H20N8O/c1-27-13-19(12-25-27)17-8-20(22-18(9-23)11-26-30(22)14-17)16-2-3-21(24-10-16)29-6-4-28(15-31)5-7-29/h2-3,8,10-15H,4-7H2,1H3. The number of nitriles is 1. The lowest BCUT2D eigenvalue weighted by Crippen LogP contribution is -2.45. The van der Waals surface area contributed by atoms with Crippen LogP contribution in [-0.4, -0.2) is 61.9 Å². The Hall–Kier alpha value is -4.19. The Bertz CT molecular complexity index is 1290. The van der Waals surface area contributed by atoms with E-state index in [4.69, 9.17) is 0 Å². The number of piperazine rings is 1. The minimum atomic E-state index is 0.516. The maximum Gasteiger partial charge on any atom is 0.209 e. The van der Waals surface area contributed by atoms with Gasteiger partial charge < -0.3 is 9.80 Å². The Labute approximate surface area is 178 Å². The van der Waals surface area contributed by atoms with Crippen LogP contribution in [0.5, 0.6) is 0 Å². The quantitative estimate of drug-likeness (QED) is 0.476. The maximum atomic E-state index is 10.9. The van der Waals surface area contributed by atoms with Crippen LogP contribution in [0.4, 0.5) is 5.82 Å². The van der Waals surface area contributed by atoms with Crippen molar-refractivity contribution in [3.05, 3.63) is 54.7 Å². The lowest BCUT2D eigenvalue weighted by molar-refractivity contribution is -0.118. The fraction of sp³-hybridized carbons (Fsp3) is 0.227. The van der Waals surface area contributed by atoms with Gasteiger partial charge in [0, 0.05) is 74.1 Å². The third-order valence-corrected chi connectivity index (χ3v) is 5.62. The van der Waals surface area contributed by atoms with Gasteiger partial charge in [0.15, 0.2) is 0 Å². The van der Waals surface area contributed by atoms with Crippen molar-refractivity contribution in [3.63, 3.8) is 0 Å². The molecule has 0 aromatic carbocycles. The number of aryl methyl sites for hydroxylation is 1. The van der Waals surface area contributed by atoms with Gasteiger partial charge >= 0.3 is 0 Å². The topological polar surface area (TPSA) is 95.3 Å². The largest absolute Gasteiger partial charge is 0.353 e. The molecule has 0 atom stereocenters. The molecule has 1 aliphatic heterocycles. The maximum absolute atomic E-state index is 10.9. The van der Waals surface area contributed by atoms with E-state index in [1.54, 1.807) is 26.5 Å². The summed E-state index contributed by atoms with van der Waals surface area (Å²) in [6.07, 6.45) is 9.97. The average molecular weight is 412 g/mol. The van der Waals surface area contributed by atoms with E-state index in [1.165, 1.54) is 0 Å². The Balaban J connectivity index is 1.55. The first-order valence-electron chi connectivity index (χ1n) is 9.97. The van der Waals surface area contributed by atoms with Crippen LogP contribution in [0.2, 0.25) is 0 Å². The van der Waals surface area contributed by atoms with E-state index < -0.39 is 0 Å². The molecule has 0 unspecified atom stereocenters. The molecule has 5 heterocycles. The zero-order valence-electron chi connectivity index (χ0n) is 17.0. The highest BCUT2D eigenvalue weighted by Gasteiger charge is 2.18. The van der Waals surface area contributed by atoms with Gasteiger partial charge in [-0.1, -0.05) is 0 Å². The lowest BCUT2D eigenvalue weighted by atomic mass is 10.0. The zero-order valence-corrected chi connectivity index (χ0v) is 17.0. The molecule has 9 heteroatoms. The molecule has 0 saturated carbocycles. The molecule has 1 aliphatic rings. The number of fused-ring (bicyclic) bond motifs is 1. The summed E-state index contributed by atoms with van der Waals surface area (Å²) in [4.78, 5) is 19.5. The van der Waals surface area contributed by atoms with Crippen molar-refractivity contribution >= 4 is 17.7 Å². The van der Waals surface area contributed by atoms with Gasteiger partial charge in [0.2, 0.25) is 6.41 Å². The van der Waals surface area contributed by atoms with Gasteiger partial charge in [-0.15, -0.1) is 0 Å². The second kappa shape index (κ2) is 7.57. The molecule has 0 spiro atoms. The van der Waals surface area contributed by atoms with E-state index in [-0.39, 0.29) is 0 Å². The molecule has 0 bridgehead atoms. The van der Waals surface area contributed by atoms with Gasteiger partial charge in [0.05, 0.1) is 23.5 Å². The molecule has 0 N–H and O–H groups in total. The molecule has 1 fully saturated rings. The van der Waals surface area contributed by atoms with E-state index in [1.807, 2.05) is 37.8 Å². The van der Waals surface area contributed by atoms with E-state index in [0.717, 1.165) is 53.1 Å².